The quantitative estimate of drug-likeness (QED) is 0.800. The number of hydrogen-bond donors (Lipinski definition) is 0. The molecule has 5 nitrogen and oxygen atoms in total. The van der Waals surface area contributed by atoms with Crippen LogP contribution in [0.3, 0.4) is 0 Å². The molecule has 0 bridgehead atoms. The molecule has 3 rings (SSSR count). The maximum absolute atomic E-state index is 12.4. The van der Waals surface area contributed by atoms with Crippen LogP contribution in [0.5, 0.6) is 0 Å². The van der Waals surface area contributed by atoms with Crippen LogP contribution in [-0.2, 0) is 4.74 Å². The standard InChI is InChI=1S/C17H25N3O2/c1-17(2,3)22-16(21)20-10-7-13-6-9-19(12-15(13)20)14-5-4-8-18-11-14/h4-5,8,11,13,15H,6-7,9-10,12H2,1-3H3. The summed E-state index contributed by atoms with van der Waals surface area (Å²) < 4.78 is 5.57. The molecule has 1 aromatic heterocycles. The number of nitrogens with zero attached hydrogens (tertiary/aromatic N) is 3. The summed E-state index contributed by atoms with van der Waals surface area (Å²) in [6.07, 6.45) is 5.73. The Bertz CT molecular complexity index is 526. The van der Waals surface area contributed by atoms with Gasteiger partial charge in [0.15, 0.2) is 0 Å². The second-order valence-electron chi connectivity index (χ2n) is 7.24. The smallest absolute Gasteiger partial charge is 0.410 e. The minimum absolute atomic E-state index is 0.173. The molecular formula is C17H25N3O2. The number of anilines is 1. The SMILES string of the molecule is CC(C)(C)OC(=O)N1CCC2CCN(c3cccnc3)CC21. The number of carbonyl (C=O) groups excluding carboxylic acids is 1. The summed E-state index contributed by atoms with van der Waals surface area (Å²) in [5.41, 5.74) is 0.698. The van der Waals surface area contributed by atoms with Crippen LogP contribution in [0.25, 0.3) is 0 Å². The summed E-state index contributed by atoms with van der Waals surface area (Å²) in [6.45, 7) is 8.47. The number of hydrogen-bond acceptors (Lipinski definition) is 4. The summed E-state index contributed by atoms with van der Waals surface area (Å²) in [4.78, 5) is 20.9. The lowest BCUT2D eigenvalue weighted by Crippen LogP contribution is -2.51. The Kier molecular flexibility index (Phi) is 3.98. The summed E-state index contributed by atoms with van der Waals surface area (Å²) in [7, 11) is 0. The van der Waals surface area contributed by atoms with Crippen molar-refractivity contribution in [1.29, 1.82) is 0 Å². The Labute approximate surface area is 132 Å². The molecule has 22 heavy (non-hydrogen) atoms. The maximum Gasteiger partial charge on any atom is 0.410 e. The van der Waals surface area contributed by atoms with Crippen molar-refractivity contribution in [3.8, 4) is 0 Å². The molecule has 120 valence electrons. The second kappa shape index (κ2) is 5.78. The number of piperidine rings is 1. The third-order valence-corrected chi connectivity index (χ3v) is 4.50. The van der Waals surface area contributed by atoms with Gasteiger partial charge < -0.3 is 14.5 Å². The highest BCUT2D eigenvalue weighted by molar-refractivity contribution is 5.69. The predicted molar refractivity (Wildman–Crippen MR) is 85.9 cm³/mol. The van der Waals surface area contributed by atoms with Gasteiger partial charge in [-0.3, -0.25) is 4.98 Å². The number of ether oxygens (including phenoxy) is 1. The summed E-state index contributed by atoms with van der Waals surface area (Å²) in [6, 6.07) is 4.30. The fourth-order valence-corrected chi connectivity index (χ4v) is 3.46. The van der Waals surface area contributed by atoms with Crippen LogP contribution in [0.2, 0.25) is 0 Å². The van der Waals surface area contributed by atoms with Gasteiger partial charge in [-0.25, -0.2) is 4.79 Å². The Morgan fingerprint density at radius 3 is 2.77 bits per heavy atom. The molecule has 2 aliphatic heterocycles. The van der Waals surface area contributed by atoms with Crippen molar-refractivity contribution in [1.82, 2.24) is 9.88 Å². The van der Waals surface area contributed by atoms with E-state index < -0.39 is 5.60 Å². The van der Waals surface area contributed by atoms with E-state index in [0.29, 0.717) is 5.92 Å². The topological polar surface area (TPSA) is 45.7 Å². The van der Waals surface area contributed by atoms with E-state index in [1.54, 1.807) is 6.20 Å². The second-order valence-corrected chi connectivity index (χ2v) is 7.24. The molecule has 2 aliphatic rings. The third-order valence-electron chi connectivity index (χ3n) is 4.50. The normalized spacial score (nSPS) is 25.0. The molecule has 2 atom stereocenters. The molecule has 0 saturated carbocycles. The van der Waals surface area contributed by atoms with E-state index in [1.807, 2.05) is 37.9 Å². The number of amides is 1. The van der Waals surface area contributed by atoms with Gasteiger partial charge in [-0.15, -0.1) is 0 Å². The van der Waals surface area contributed by atoms with Gasteiger partial charge in [0.2, 0.25) is 0 Å². The number of likely N-dealkylation sites (tertiary alicyclic amines) is 1. The first kappa shape index (κ1) is 15.1. The molecule has 0 radical (unpaired) electrons. The molecule has 3 heterocycles. The van der Waals surface area contributed by atoms with E-state index >= 15 is 0 Å². The van der Waals surface area contributed by atoms with Crippen molar-refractivity contribution in [2.75, 3.05) is 24.5 Å². The zero-order valence-electron chi connectivity index (χ0n) is 13.7. The van der Waals surface area contributed by atoms with Crippen molar-refractivity contribution in [2.45, 2.75) is 45.3 Å². The average Bonchev–Trinajstić information content (AvgIpc) is 2.89. The van der Waals surface area contributed by atoms with E-state index in [0.717, 1.165) is 38.2 Å². The molecule has 0 N–H and O–H groups in total. The molecule has 2 saturated heterocycles. The van der Waals surface area contributed by atoms with Crippen LogP contribution >= 0.6 is 0 Å². The highest BCUT2D eigenvalue weighted by Gasteiger charge is 2.42. The largest absolute Gasteiger partial charge is 0.444 e. The number of rotatable bonds is 1. The predicted octanol–water partition coefficient (Wildman–Crippen LogP) is 2.92. The first-order valence-corrected chi connectivity index (χ1v) is 8.08. The number of pyridine rings is 1. The van der Waals surface area contributed by atoms with E-state index in [4.69, 9.17) is 4.74 Å². The van der Waals surface area contributed by atoms with Gasteiger partial charge in [-0.1, -0.05) is 0 Å². The zero-order chi connectivity index (χ0) is 15.7. The highest BCUT2D eigenvalue weighted by Crippen LogP contribution is 2.34. The Balaban J connectivity index is 1.70. The van der Waals surface area contributed by atoms with Crippen LogP contribution in [0.4, 0.5) is 10.5 Å². The monoisotopic (exact) mass is 303 g/mol. The van der Waals surface area contributed by atoms with Crippen molar-refractivity contribution >= 4 is 11.8 Å². The van der Waals surface area contributed by atoms with Gasteiger partial charge in [-0.2, -0.15) is 0 Å². The lowest BCUT2D eigenvalue weighted by molar-refractivity contribution is 0.0203. The summed E-state index contributed by atoms with van der Waals surface area (Å²) >= 11 is 0. The molecule has 0 aromatic carbocycles. The van der Waals surface area contributed by atoms with Crippen LogP contribution in [0, 0.1) is 5.92 Å². The van der Waals surface area contributed by atoms with Crippen molar-refractivity contribution in [3.63, 3.8) is 0 Å². The summed E-state index contributed by atoms with van der Waals surface area (Å²) in [5.74, 6) is 0.598. The zero-order valence-corrected chi connectivity index (χ0v) is 13.7. The molecule has 1 aromatic rings. The van der Waals surface area contributed by atoms with E-state index in [-0.39, 0.29) is 12.1 Å². The Morgan fingerprint density at radius 1 is 1.32 bits per heavy atom. The number of aromatic nitrogens is 1. The van der Waals surface area contributed by atoms with Crippen LogP contribution in [-0.4, -0.2) is 47.3 Å². The number of fused-ring (bicyclic) bond motifs is 1. The third kappa shape index (κ3) is 3.18. The van der Waals surface area contributed by atoms with Crippen molar-refractivity contribution in [3.05, 3.63) is 24.5 Å². The fourth-order valence-electron chi connectivity index (χ4n) is 3.46. The van der Waals surface area contributed by atoms with Gasteiger partial charge in [0, 0.05) is 25.8 Å². The van der Waals surface area contributed by atoms with Crippen LogP contribution in [0.1, 0.15) is 33.6 Å². The molecule has 0 aliphatic carbocycles. The molecule has 5 heteroatoms. The first-order valence-electron chi connectivity index (χ1n) is 8.08. The van der Waals surface area contributed by atoms with Crippen LogP contribution in [0.15, 0.2) is 24.5 Å². The maximum atomic E-state index is 12.4. The Morgan fingerprint density at radius 2 is 2.09 bits per heavy atom. The van der Waals surface area contributed by atoms with E-state index in [1.165, 1.54) is 0 Å². The van der Waals surface area contributed by atoms with Gasteiger partial charge in [0.25, 0.3) is 0 Å². The average molecular weight is 303 g/mol. The molecule has 0 spiro atoms. The lowest BCUT2D eigenvalue weighted by Gasteiger charge is -2.39. The minimum Gasteiger partial charge on any atom is -0.444 e. The summed E-state index contributed by atoms with van der Waals surface area (Å²) in [5, 5.41) is 0. The first-order chi connectivity index (χ1) is 10.4. The minimum atomic E-state index is -0.438. The van der Waals surface area contributed by atoms with Crippen molar-refractivity contribution < 1.29 is 9.53 Å². The molecule has 2 unspecified atom stereocenters. The molecule has 1 amide bonds. The lowest BCUT2D eigenvalue weighted by atomic mass is 9.92. The van der Waals surface area contributed by atoms with Gasteiger partial charge in [-0.05, 0) is 51.7 Å². The van der Waals surface area contributed by atoms with Gasteiger partial charge in [0.05, 0.1) is 17.9 Å². The fraction of sp³-hybridized carbons (Fsp3) is 0.647. The Hall–Kier alpha value is -1.78. The van der Waals surface area contributed by atoms with Crippen molar-refractivity contribution in [2.24, 2.45) is 5.92 Å². The molecule has 2 fully saturated rings. The van der Waals surface area contributed by atoms with E-state index in [9.17, 15) is 4.79 Å². The van der Waals surface area contributed by atoms with Gasteiger partial charge >= 0.3 is 6.09 Å². The highest BCUT2D eigenvalue weighted by atomic mass is 16.6. The van der Waals surface area contributed by atoms with Crippen LogP contribution < -0.4 is 4.90 Å². The molecular weight excluding hydrogens is 278 g/mol. The van der Waals surface area contributed by atoms with E-state index in [2.05, 4.69) is 16.0 Å². The number of carbonyl (C=O) groups is 1. The van der Waals surface area contributed by atoms with Gasteiger partial charge in [0.1, 0.15) is 5.60 Å².